The molecule has 0 amide bonds. The molecule has 322 valence electrons. The second kappa shape index (κ2) is 26.7. The Kier molecular flexibility index (Phi) is 21.4. The molecule has 5 aromatic rings. The van der Waals surface area contributed by atoms with Crippen molar-refractivity contribution in [1.82, 2.24) is 19.9 Å². The predicted octanol–water partition coefficient (Wildman–Crippen LogP) is 7.12. The van der Waals surface area contributed by atoms with Crippen LogP contribution in [0.2, 0.25) is 0 Å². The van der Waals surface area contributed by atoms with Crippen LogP contribution in [0.25, 0.3) is 29.5 Å². The Hall–Kier alpha value is -6.37. The number of allylic oxidation sites excluding steroid dienone is 1. The van der Waals surface area contributed by atoms with Crippen molar-refractivity contribution >= 4 is 63.4 Å². The first-order valence-electron chi connectivity index (χ1n) is 18.5. The fourth-order valence-corrected chi connectivity index (χ4v) is 5.19. The van der Waals surface area contributed by atoms with Crippen LogP contribution < -0.4 is 20.9 Å². The normalized spacial score (nSPS) is 10.7. The minimum atomic E-state index is -0.111. The van der Waals surface area contributed by atoms with Crippen LogP contribution in [0, 0.1) is 0 Å². The topological polar surface area (TPSA) is 230 Å². The highest BCUT2D eigenvalue weighted by atomic mass is 79.9. The highest BCUT2D eigenvalue weighted by Crippen LogP contribution is 2.29. The van der Waals surface area contributed by atoms with Gasteiger partial charge in [0.05, 0.1) is 48.9 Å². The SMILES string of the molecule is COCCOCOc1ccc(/C=C/C(C)=O)cc1C(C)=O.COCCOCOc1ccc(Br)cc1C(C)=O.Nc1nccc(/C=C/c2ccc(O)c(-c3ccnc(N)n3)c2)n1. The molecular formula is C44H49BrN6O10. The quantitative estimate of drug-likeness (QED) is 0.0324. The van der Waals surface area contributed by atoms with Crippen LogP contribution in [0.4, 0.5) is 11.9 Å². The Morgan fingerprint density at radius 2 is 1.23 bits per heavy atom. The molecule has 0 bridgehead atoms. The van der Waals surface area contributed by atoms with Crippen LogP contribution in [0.15, 0.2) is 89.7 Å². The lowest BCUT2D eigenvalue weighted by Crippen LogP contribution is -2.09. The fraction of sp³-hybridized carbons (Fsp3) is 0.250. The maximum Gasteiger partial charge on any atom is 0.220 e. The summed E-state index contributed by atoms with van der Waals surface area (Å²) in [6.45, 7) is 6.47. The number of phenolic OH excluding ortho intramolecular Hbond substituents is 1. The summed E-state index contributed by atoms with van der Waals surface area (Å²) >= 11 is 3.31. The Labute approximate surface area is 362 Å². The second-order valence-corrected chi connectivity index (χ2v) is 13.4. The minimum Gasteiger partial charge on any atom is -0.507 e. The maximum absolute atomic E-state index is 11.7. The first-order valence-corrected chi connectivity index (χ1v) is 19.3. The molecule has 2 aromatic heterocycles. The van der Waals surface area contributed by atoms with Gasteiger partial charge >= 0.3 is 0 Å². The van der Waals surface area contributed by atoms with Gasteiger partial charge in [-0.25, -0.2) is 19.9 Å². The molecule has 0 radical (unpaired) electrons. The number of benzene rings is 3. The molecule has 2 heterocycles. The van der Waals surface area contributed by atoms with Crippen molar-refractivity contribution < 1.29 is 47.9 Å². The van der Waals surface area contributed by atoms with Crippen molar-refractivity contribution in [2.24, 2.45) is 0 Å². The van der Waals surface area contributed by atoms with E-state index in [4.69, 9.17) is 39.9 Å². The third-order valence-electron chi connectivity index (χ3n) is 7.79. The average Bonchev–Trinajstić information content (AvgIpc) is 3.23. The molecule has 0 saturated heterocycles. The molecule has 5 N–H and O–H groups in total. The zero-order valence-corrected chi connectivity index (χ0v) is 36.1. The number of Topliss-reactive ketones (excluding diaryl/α,β-unsaturated/α-hetero) is 2. The van der Waals surface area contributed by atoms with Gasteiger partial charge in [-0.3, -0.25) is 14.4 Å². The fourth-order valence-electron chi connectivity index (χ4n) is 4.83. The molecule has 0 spiro atoms. The van der Waals surface area contributed by atoms with Gasteiger partial charge < -0.3 is 45.0 Å². The lowest BCUT2D eigenvalue weighted by Gasteiger charge is -2.11. The largest absolute Gasteiger partial charge is 0.507 e. The van der Waals surface area contributed by atoms with Crippen LogP contribution in [-0.2, 0) is 23.7 Å². The summed E-state index contributed by atoms with van der Waals surface area (Å²) in [4.78, 5) is 49.9. The van der Waals surface area contributed by atoms with Crippen molar-refractivity contribution in [3.8, 4) is 28.5 Å². The van der Waals surface area contributed by atoms with Gasteiger partial charge in [0.15, 0.2) is 30.9 Å². The molecule has 3 aromatic carbocycles. The number of ketones is 3. The molecular weight excluding hydrogens is 852 g/mol. The highest BCUT2D eigenvalue weighted by molar-refractivity contribution is 9.10. The van der Waals surface area contributed by atoms with E-state index in [1.165, 1.54) is 26.8 Å². The summed E-state index contributed by atoms with van der Waals surface area (Å²) < 4.78 is 31.7. The number of halogens is 1. The third-order valence-corrected chi connectivity index (χ3v) is 8.28. The maximum atomic E-state index is 11.7. The van der Waals surface area contributed by atoms with E-state index in [2.05, 4.69) is 35.9 Å². The predicted molar refractivity (Wildman–Crippen MR) is 236 cm³/mol. The summed E-state index contributed by atoms with van der Waals surface area (Å²) in [6, 6.07) is 19.1. The number of nitrogens with two attached hydrogens (primary N) is 2. The molecule has 16 nitrogen and oxygen atoms in total. The van der Waals surface area contributed by atoms with E-state index in [0.717, 1.165) is 15.6 Å². The average molecular weight is 902 g/mol. The molecule has 0 unspecified atom stereocenters. The lowest BCUT2D eigenvalue weighted by atomic mass is 10.1. The summed E-state index contributed by atoms with van der Waals surface area (Å²) in [7, 11) is 3.19. The van der Waals surface area contributed by atoms with Crippen LogP contribution in [-0.4, -0.2) is 96.6 Å². The number of hydrogen-bond acceptors (Lipinski definition) is 16. The molecule has 17 heteroatoms. The smallest absolute Gasteiger partial charge is 0.220 e. The highest BCUT2D eigenvalue weighted by Gasteiger charge is 2.11. The number of rotatable bonds is 19. The number of hydrogen-bond donors (Lipinski definition) is 3. The van der Waals surface area contributed by atoms with Gasteiger partial charge in [-0.1, -0.05) is 40.2 Å². The van der Waals surface area contributed by atoms with Crippen molar-refractivity contribution in [2.75, 3.05) is 65.7 Å². The molecule has 0 aliphatic rings. The minimum absolute atomic E-state index is 0.0433. The number of aromatic nitrogens is 4. The van der Waals surface area contributed by atoms with Crippen molar-refractivity contribution in [2.45, 2.75) is 20.8 Å². The van der Waals surface area contributed by atoms with E-state index in [1.807, 2.05) is 18.2 Å². The van der Waals surface area contributed by atoms with E-state index in [0.29, 0.717) is 66.0 Å². The number of aromatic hydroxyl groups is 1. The molecule has 61 heavy (non-hydrogen) atoms. The van der Waals surface area contributed by atoms with Crippen LogP contribution in [0.3, 0.4) is 0 Å². The van der Waals surface area contributed by atoms with Crippen molar-refractivity contribution in [3.05, 3.63) is 118 Å². The van der Waals surface area contributed by atoms with Gasteiger partial charge in [0.1, 0.15) is 17.2 Å². The van der Waals surface area contributed by atoms with E-state index < -0.39 is 0 Å². The molecule has 0 saturated carbocycles. The number of carbonyl (C=O) groups is 3. The second-order valence-electron chi connectivity index (χ2n) is 12.5. The molecule has 0 atom stereocenters. The number of phenols is 1. The summed E-state index contributed by atoms with van der Waals surface area (Å²) in [6.07, 6.45) is 9.91. The Bertz CT molecular complexity index is 2270. The van der Waals surface area contributed by atoms with Gasteiger partial charge in [-0.2, -0.15) is 0 Å². The van der Waals surface area contributed by atoms with Gasteiger partial charge in [0.25, 0.3) is 0 Å². The Balaban J connectivity index is 0.000000247. The molecule has 0 fully saturated rings. The number of methoxy groups -OCH3 is 2. The summed E-state index contributed by atoms with van der Waals surface area (Å²) in [5, 5.41) is 10.0. The van der Waals surface area contributed by atoms with Crippen LogP contribution in [0.5, 0.6) is 17.2 Å². The monoisotopic (exact) mass is 900 g/mol. The zero-order valence-electron chi connectivity index (χ0n) is 34.5. The van der Waals surface area contributed by atoms with E-state index in [1.54, 1.807) is 93.4 Å². The van der Waals surface area contributed by atoms with Crippen molar-refractivity contribution in [1.29, 1.82) is 0 Å². The summed E-state index contributed by atoms with van der Waals surface area (Å²) in [5.41, 5.74) is 15.6. The first-order chi connectivity index (χ1) is 29.3. The van der Waals surface area contributed by atoms with E-state index in [9.17, 15) is 19.5 Å². The number of nitrogen functional groups attached to an aromatic ring is 2. The molecule has 5 rings (SSSR count). The van der Waals surface area contributed by atoms with Gasteiger partial charge in [-0.05, 0) is 98.6 Å². The van der Waals surface area contributed by atoms with Gasteiger partial charge in [0.2, 0.25) is 11.9 Å². The molecule has 0 aliphatic heterocycles. The number of carbonyl (C=O) groups excluding carboxylic acids is 3. The summed E-state index contributed by atoms with van der Waals surface area (Å²) in [5.74, 6) is 1.27. The lowest BCUT2D eigenvalue weighted by molar-refractivity contribution is -0.112. The van der Waals surface area contributed by atoms with Gasteiger partial charge in [-0.15, -0.1) is 0 Å². The third kappa shape index (κ3) is 18.2. The number of nitrogens with zero attached hydrogens (tertiary/aromatic N) is 4. The van der Waals surface area contributed by atoms with E-state index in [-0.39, 0.29) is 48.6 Å². The van der Waals surface area contributed by atoms with Crippen LogP contribution >= 0.6 is 15.9 Å². The van der Waals surface area contributed by atoms with E-state index >= 15 is 0 Å². The Morgan fingerprint density at radius 1 is 0.672 bits per heavy atom. The first kappa shape index (κ1) is 49.0. The zero-order chi connectivity index (χ0) is 44.6. The van der Waals surface area contributed by atoms with Crippen molar-refractivity contribution in [3.63, 3.8) is 0 Å². The Morgan fingerprint density at radius 3 is 1.80 bits per heavy atom. The van der Waals surface area contributed by atoms with Crippen LogP contribution in [0.1, 0.15) is 58.3 Å². The van der Waals surface area contributed by atoms with Gasteiger partial charge in [0, 0.05) is 36.6 Å². The number of ether oxygens (including phenoxy) is 6. The molecule has 0 aliphatic carbocycles. The standard InChI is InChI=1S/C16H14N6O.C16H20O5.C12H15BrO4/c17-15-19-7-5-11(21-15)3-1-10-2-4-14(23)12(9-10)13-6-8-20-16(18)22-13;1-12(17)4-5-14-6-7-16(15(10-14)13(2)18)21-11-20-9-8-19-3;1-9(14)11-7-10(13)3-4-12(11)17-8-16-6-5-15-2/h1-9,23H,(H2,17,19,21)(H2,18,20,22);4-7,10H,8-9,11H2,1-3H3;3-4,7H,5-6,8H2,1-2H3/b3-1+;5-4+;. The number of anilines is 2.